The summed E-state index contributed by atoms with van der Waals surface area (Å²) < 4.78 is 29.0. The number of benzene rings is 3. The summed E-state index contributed by atoms with van der Waals surface area (Å²) in [6.45, 7) is 0.615. The molecule has 0 radical (unpaired) electrons. The van der Waals surface area contributed by atoms with Crippen LogP contribution in [0.15, 0.2) is 93.3 Å². The minimum atomic E-state index is -3.91. The molecule has 0 aliphatic rings. The molecule has 0 saturated heterocycles. The first-order valence-electron chi connectivity index (χ1n) is 9.85. The molecule has 5 rings (SSSR count). The molecule has 2 aromatic heterocycles. The van der Waals surface area contributed by atoms with Crippen LogP contribution in [0.3, 0.4) is 0 Å². The molecule has 0 N–H and O–H groups in total. The molecule has 0 spiro atoms. The zero-order valence-corrected chi connectivity index (χ0v) is 19.5. The second kappa shape index (κ2) is 7.99. The Bertz CT molecular complexity index is 1530. The van der Waals surface area contributed by atoms with Gasteiger partial charge in [0.2, 0.25) is 14.9 Å². The second-order valence-electron chi connectivity index (χ2n) is 7.38. The molecule has 0 atom stereocenters. The van der Waals surface area contributed by atoms with E-state index in [2.05, 4.69) is 26.2 Å². The lowest BCUT2D eigenvalue weighted by atomic mass is 10.2. The summed E-state index contributed by atoms with van der Waals surface area (Å²) in [5.74, 6) is 0.659. The van der Waals surface area contributed by atoms with Crippen molar-refractivity contribution < 1.29 is 8.42 Å². The maximum Gasteiger partial charge on any atom is 0.229 e. The lowest BCUT2D eigenvalue weighted by molar-refractivity contribution is 0.592. The Hall–Kier alpha value is -3.30. The van der Waals surface area contributed by atoms with Gasteiger partial charge < -0.3 is 4.90 Å². The van der Waals surface area contributed by atoms with Crippen LogP contribution in [-0.2, 0) is 16.4 Å². The third-order valence-electron chi connectivity index (χ3n) is 5.20. The van der Waals surface area contributed by atoms with E-state index >= 15 is 0 Å². The van der Waals surface area contributed by atoms with Crippen molar-refractivity contribution >= 4 is 48.1 Å². The summed E-state index contributed by atoms with van der Waals surface area (Å²) in [6, 6.07) is 24.1. The van der Waals surface area contributed by atoms with Crippen molar-refractivity contribution in [1.82, 2.24) is 19.8 Å². The molecule has 0 amide bonds. The van der Waals surface area contributed by atoms with Crippen LogP contribution in [0.5, 0.6) is 0 Å². The molecule has 2 heterocycles. The molecule has 0 aliphatic carbocycles. The van der Waals surface area contributed by atoms with E-state index in [4.69, 9.17) is 4.98 Å². The molecule has 0 unspecified atom stereocenters. The van der Waals surface area contributed by atoms with Gasteiger partial charge in [-0.3, -0.25) is 0 Å². The van der Waals surface area contributed by atoms with Crippen molar-refractivity contribution in [2.24, 2.45) is 0 Å². The van der Waals surface area contributed by atoms with Crippen molar-refractivity contribution in [3.8, 4) is 0 Å². The predicted molar refractivity (Wildman–Crippen MR) is 126 cm³/mol. The molecule has 3 aromatic carbocycles. The maximum absolute atomic E-state index is 13.3. The highest BCUT2D eigenvalue weighted by atomic mass is 79.9. The highest BCUT2D eigenvalue weighted by Gasteiger charge is 2.27. The number of fused-ring (bicyclic) bond motifs is 3. The molecule has 0 bridgehead atoms. The van der Waals surface area contributed by atoms with Crippen molar-refractivity contribution in [1.29, 1.82) is 0 Å². The summed E-state index contributed by atoms with van der Waals surface area (Å²) in [7, 11) is -1.97. The zero-order chi connectivity index (χ0) is 22.3. The van der Waals surface area contributed by atoms with E-state index in [1.54, 1.807) is 12.1 Å². The molecule has 9 heteroatoms. The number of nitrogens with zero attached hydrogens (tertiary/aromatic N) is 5. The highest BCUT2D eigenvalue weighted by molar-refractivity contribution is 9.10. The summed E-state index contributed by atoms with van der Waals surface area (Å²) in [5, 5.41) is 8.86. The van der Waals surface area contributed by atoms with E-state index in [0.717, 1.165) is 20.9 Å². The van der Waals surface area contributed by atoms with E-state index in [0.29, 0.717) is 12.4 Å². The van der Waals surface area contributed by atoms with Crippen LogP contribution in [0, 0.1) is 0 Å². The van der Waals surface area contributed by atoms with Gasteiger partial charge in [0.1, 0.15) is 5.82 Å². The van der Waals surface area contributed by atoms with Crippen LogP contribution in [0.2, 0.25) is 0 Å². The predicted octanol–water partition coefficient (Wildman–Crippen LogP) is 4.51. The van der Waals surface area contributed by atoms with Crippen molar-refractivity contribution in [2.75, 3.05) is 11.9 Å². The van der Waals surface area contributed by atoms with Gasteiger partial charge in [0.25, 0.3) is 0 Å². The standard InChI is InChI=1S/C23H18BrN5O2S/c1-28(15-16-7-3-2-4-8-16)21-19-9-5-6-10-20(19)29-22(25-21)23(26-27-29)32(30,31)18-13-11-17(24)12-14-18/h2-14H,15H2,1H3. The van der Waals surface area contributed by atoms with Crippen LogP contribution >= 0.6 is 15.9 Å². The fraction of sp³-hybridized carbons (Fsp3) is 0.0870. The quantitative estimate of drug-likeness (QED) is 0.348. The lowest BCUT2D eigenvalue weighted by Gasteiger charge is -2.20. The number of halogens is 1. The van der Waals surface area contributed by atoms with Gasteiger partial charge in [-0.2, -0.15) is 4.52 Å². The third kappa shape index (κ3) is 3.53. The maximum atomic E-state index is 13.3. The van der Waals surface area contributed by atoms with E-state index in [9.17, 15) is 8.42 Å². The summed E-state index contributed by atoms with van der Waals surface area (Å²) in [6.07, 6.45) is 0. The second-order valence-corrected chi connectivity index (χ2v) is 10.2. The van der Waals surface area contributed by atoms with Crippen LogP contribution in [0.25, 0.3) is 16.6 Å². The fourth-order valence-electron chi connectivity index (χ4n) is 3.65. The van der Waals surface area contributed by atoms with E-state index in [1.807, 2.05) is 66.5 Å². The van der Waals surface area contributed by atoms with Gasteiger partial charge in [0.15, 0.2) is 5.65 Å². The zero-order valence-electron chi connectivity index (χ0n) is 17.1. The first-order chi connectivity index (χ1) is 15.4. The number of hydrogen-bond donors (Lipinski definition) is 0. The summed E-state index contributed by atoms with van der Waals surface area (Å²) in [4.78, 5) is 6.88. The first kappa shape index (κ1) is 20.6. The Morgan fingerprint density at radius 3 is 2.38 bits per heavy atom. The molecular weight excluding hydrogens is 490 g/mol. The Kier molecular flexibility index (Phi) is 5.15. The minimum Gasteiger partial charge on any atom is -0.355 e. The Morgan fingerprint density at radius 1 is 0.938 bits per heavy atom. The van der Waals surface area contributed by atoms with Crippen molar-refractivity contribution in [2.45, 2.75) is 16.5 Å². The van der Waals surface area contributed by atoms with E-state index in [1.165, 1.54) is 16.6 Å². The van der Waals surface area contributed by atoms with Crippen molar-refractivity contribution in [3.63, 3.8) is 0 Å². The molecule has 0 aliphatic heterocycles. The van der Waals surface area contributed by atoms with Gasteiger partial charge in [0, 0.05) is 23.5 Å². The highest BCUT2D eigenvalue weighted by Crippen LogP contribution is 2.30. The first-order valence-corrected chi connectivity index (χ1v) is 12.1. The summed E-state index contributed by atoms with van der Waals surface area (Å²) >= 11 is 3.34. The largest absolute Gasteiger partial charge is 0.355 e. The van der Waals surface area contributed by atoms with Gasteiger partial charge >= 0.3 is 0 Å². The van der Waals surface area contributed by atoms with Gasteiger partial charge in [-0.1, -0.05) is 63.6 Å². The number of anilines is 1. The van der Waals surface area contributed by atoms with Crippen LogP contribution in [-0.4, -0.2) is 35.3 Å². The van der Waals surface area contributed by atoms with Gasteiger partial charge in [-0.15, -0.1) is 5.10 Å². The summed E-state index contributed by atoms with van der Waals surface area (Å²) in [5.41, 5.74) is 2.05. The van der Waals surface area contributed by atoms with E-state index in [-0.39, 0.29) is 15.6 Å². The molecule has 32 heavy (non-hydrogen) atoms. The van der Waals surface area contributed by atoms with Crippen LogP contribution in [0.1, 0.15) is 5.56 Å². The van der Waals surface area contributed by atoms with Gasteiger partial charge in [-0.05, 0) is 42.0 Å². The number of aromatic nitrogens is 4. The minimum absolute atomic E-state index is 0.136. The molecule has 5 aromatic rings. The normalized spacial score (nSPS) is 11.8. The fourth-order valence-corrected chi connectivity index (χ4v) is 5.15. The lowest BCUT2D eigenvalue weighted by Crippen LogP contribution is -2.19. The molecular formula is C23H18BrN5O2S. The topological polar surface area (TPSA) is 80.5 Å². The Morgan fingerprint density at radius 2 is 1.62 bits per heavy atom. The monoisotopic (exact) mass is 507 g/mol. The van der Waals surface area contributed by atoms with Crippen LogP contribution < -0.4 is 4.90 Å². The Balaban J connectivity index is 1.70. The Labute approximate surface area is 193 Å². The number of rotatable bonds is 5. The van der Waals surface area contributed by atoms with E-state index < -0.39 is 9.84 Å². The average Bonchev–Trinajstić information content (AvgIpc) is 3.25. The van der Waals surface area contributed by atoms with Gasteiger partial charge in [0.05, 0.1) is 10.4 Å². The van der Waals surface area contributed by atoms with Crippen LogP contribution in [0.4, 0.5) is 5.82 Å². The number of hydrogen-bond acceptors (Lipinski definition) is 6. The number of para-hydroxylation sites is 1. The molecule has 160 valence electrons. The average molecular weight is 508 g/mol. The van der Waals surface area contributed by atoms with Gasteiger partial charge in [-0.25, -0.2) is 13.4 Å². The smallest absolute Gasteiger partial charge is 0.229 e. The molecule has 7 nitrogen and oxygen atoms in total. The third-order valence-corrected chi connectivity index (χ3v) is 7.40. The van der Waals surface area contributed by atoms with Crippen molar-refractivity contribution in [3.05, 3.63) is 88.9 Å². The SMILES string of the molecule is CN(Cc1ccccc1)c1nc2c(S(=O)(=O)c3ccc(Br)cc3)nnn2c2ccccc12. The molecule has 0 fully saturated rings. The molecule has 0 saturated carbocycles. The number of sulfone groups is 1.